The Balaban J connectivity index is 1.69. The first-order valence-electron chi connectivity index (χ1n) is 8.79. The Bertz CT molecular complexity index is 758. The summed E-state index contributed by atoms with van der Waals surface area (Å²) in [7, 11) is 0. The smallest absolute Gasteiger partial charge is 0.223 e. The van der Waals surface area contributed by atoms with Gasteiger partial charge in [0.05, 0.1) is 6.04 Å². The molecule has 124 valence electrons. The maximum absolute atomic E-state index is 12.7. The second kappa shape index (κ2) is 6.25. The number of likely N-dealkylation sites (tertiary alicyclic amines) is 1. The van der Waals surface area contributed by atoms with Crippen LogP contribution in [-0.4, -0.2) is 16.8 Å². The van der Waals surface area contributed by atoms with Gasteiger partial charge in [-0.05, 0) is 55.0 Å². The van der Waals surface area contributed by atoms with Crippen molar-refractivity contribution in [2.75, 3.05) is 0 Å². The molecule has 2 nitrogen and oxygen atoms in total. The van der Waals surface area contributed by atoms with Gasteiger partial charge in [-0.1, -0.05) is 48.0 Å². The number of nitrogens with zero attached hydrogens (tertiary/aromatic N) is 1. The molecule has 0 bridgehead atoms. The first-order chi connectivity index (χ1) is 11.6. The molecule has 0 aromatic heterocycles. The Kier molecular flexibility index (Phi) is 4.09. The van der Waals surface area contributed by atoms with E-state index in [-0.39, 0.29) is 6.04 Å². The quantitative estimate of drug-likeness (QED) is 0.743. The van der Waals surface area contributed by atoms with Crippen LogP contribution in [0.5, 0.6) is 0 Å². The Morgan fingerprint density at radius 2 is 1.88 bits per heavy atom. The Labute approximate surface area is 148 Å². The fraction of sp³-hybridized carbons (Fsp3) is 0.381. The van der Waals surface area contributed by atoms with Crippen LogP contribution in [0.2, 0.25) is 5.02 Å². The number of amides is 1. The molecule has 1 aliphatic heterocycles. The topological polar surface area (TPSA) is 20.3 Å². The lowest BCUT2D eigenvalue weighted by atomic mass is 9.73. The van der Waals surface area contributed by atoms with Crippen LogP contribution in [0, 0.1) is 0 Å². The molecule has 1 aliphatic carbocycles. The lowest BCUT2D eigenvalue weighted by molar-refractivity contribution is -0.140. The van der Waals surface area contributed by atoms with E-state index in [4.69, 9.17) is 11.6 Å². The number of aryl methyl sites for hydroxylation is 1. The highest BCUT2D eigenvalue weighted by Crippen LogP contribution is 2.44. The number of rotatable bonds is 2. The minimum atomic E-state index is 0.125. The highest BCUT2D eigenvalue weighted by Gasteiger charge is 2.41. The highest BCUT2D eigenvalue weighted by atomic mass is 35.5. The Morgan fingerprint density at radius 1 is 1.08 bits per heavy atom. The molecule has 0 spiro atoms. The van der Waals surface area contributed by atoms with Crippen LogP contribution >= 0.6 is 11.6 Å². The van der Waals surface area contributed by atoms with Crippen molar-refractivity contribution in [1.82, 2.24) is 4.90 Å². The molecule has 2 aromatic rings. The maximum atomic E-state index is 12.7. The molecule has 4 rings (SSSR count). The van der Waals surface area contributed by atoms with E-state index in [0.717, 1.165) is 24.3 Å². The second-order valence-electron chi connectivity index (χ2n) is 6.98. The summed E-state index contributed by atoms with van der Waals surface area (Å²) in [6.07, 6.45) is 3.62. The average molecular weight is 340 g/mol. The first kappa shape index (κ1) is 15.7. The van der Waals surface area contributed by atoms with Gasteiger partial charge >= 0.3 is 0 Å². The lowest BCUT2D eigenvalue weighted by Crippen LogP contribution is -2.50. The van der Waals surface area contributed by atoms with Gasteiger partial charge < -0.3 is 4.90 Å². The highest BCUT2D eigenvalue weighted by molar-refractivity contribution is 6.30. The summed E-state index contributed by atoms with van der Waals surface area (Å²) >= 11 is 6.17. The molecular formula is C21H22ClNO. The van der Waals surface area contributed by atoms with E-state index < -0.39 is 0 Å². The number of carbonyl (C=O) groups excluding carboxylic acids is 1. The molecule has 3 heteroatoms. The average Bonchev–Trinajstić information content (AvgIpc) is 2.61. The Morgan fingerprint density at radius 3 is 2.67 bits per heavy atom. The molecule has 3 atom stereocenters. The minimum Gasteiger partial charge on any atom is -0.332 e. The van der Waals surface area contributed by atoms with E-state index in [9.17, 15) is 4.79 Å². The fourth-order valence-corrected chi connectivity index (χ4v) is 4.73. The van der Waals surface area contributed by atoms with Crippen molar-refractivity contribution in [2.24, 2.45) is 0 Å². The predicted molar refractivity (Wildman–Crippen MR) is 97.2 cm³/mol. The Hall–Kier alpha value is -1.80. The number of carbonyl (C=O) groups is 1. The summed E-state index contributed by atoms with van der Waals surface area (Å²) in [4.78, 5) is 14.9. The van der Waals surface area contributed by atoms with Crippen molar-refractivity contribution in [3.8, 4) is 0 Å². The molecule has 2 aliphatic rings. The van der Waals surface area contributed by atoms with Crippen LogP contribution in [0.1, 0.15) is 54.8 Å². The number of fused-ring (bicyclic) bond motifs is 3. The second-order valence-corrected chi connectivity index (χ2v) is 7.42. The molecule has 0 unspecified atom stereocenters. The van der Waals surface area contributed by atoms with Crippen molar-refractivity contribution < 1.29 is 4.79 Å². The normalized spacial score (nSPS) is 24.2. The van der Waals surface area contributed by atoms with Crippen LogP contribution in [0.3, 0.4) is 0 Å². The summed E-state index contributed by atoms with van der Waals surface area (Å²) in [5, 5.41) is 0.814. The van der Waals surface area contributed by atoms with Gasteiger partial charge in [-0.25, -0.2) is 0 Å². The van der Waals surface area contributed by atoms with Crippen LogP contribution < -0.4 is 0 Å². The molecule has 2 aromatic carbocycles. The minimum absolute atomic E-state index is 0.125. The van der Waals surface area contributed by atoms with Gasteiger partial charge in [-0.15, -0.1) is 0 Å². The van der Waals surface area contributed by atoms with Gasteiger partial charge in [0.15, 0.2) is 0 Å². The summed E-state index contributed by atoms with van der Waals surface area (Å²) in [6.45, 7) is 2.16. The number of halogens is 1. The monoisotopic (exact) mass is 339 g/mol. The standard InChI is InChI=1S/C21H22ClNO/c1-14(15-5-3-2-4-6-15)23-20-11-7-16-13-17(22)8-9-18(16)19(20)10-12-21(23)24/h2-6,8-9,13-14,19-20H,7,10-12H2,1H3/t14-,19-,20-/m0/s1. The maximum Gasteiger partial charge on any atom is 0.223 e. The molecule has 1 amide bonds. The number of hydrogen-bond donors (Lipinski definition) is 0. The molecular weight excluding hydrogens is 318 g/mol. The zero-order valence-electron chi connectivity index (χ0n) is 13.9. The summed E-state index contributed by atoms with van der Waals surface area (Å²) < 4.78 is 0. The SMILES string of the molecule is C[C@@H](c1ccccc1)N1C(=O)CC[C@H]2c3ccc(Cl)cc3CC[C@@H]21. The largest absolute Gasteiger partial charge is 0.332 e. The van der Waals surface area contributed by atoms with Gasteiger partial charge in [0, 0.05) is 23.4 Å². The van der Waals surface area contributed by atoms with E-state index in [1.807, 2.05) is 12.1 Å². The van der Waals surface area contributed by atoms with Gasteiger partial charge in [-0.2, -0.15) is 0 Å². The molecule has 0 saturated carbocycles. The molecule has 24 heavy (non-hydrogen) atoms. The van der Waals surface area contributed by atoms with Gasteiger partial charge in [0.25, 0.3) is 0 Å². The van der Waals surface area contributed by atoms with E-state index in [1.54, 1.807) is 0 Å². The van der Waals surface area contributed by atoms with E-state index >= 15 is 0 Å². The number of piperidine rings is 1. The third-order valence-electron chi connectivity index (χ3n) is 5.69. The fourth-order valence-electron chi connectivity index (χ4n) is 4.53. The summed E-state index contributed by atoms with van der Waals surface area (Å²) in [5.41, 5.74) is 3.98. The molecule has 1 saturated heterocycles. The molecule has 1 fully saturated rings. The van der Waals surface area contributed by atoms with Crippen molar-refractivity contribution in [3.63, 3.8) is 0 Å². The van der Waals surface area contributed by atoms with Crippen molar-refractivity contribution in [2.45, 2.75) is 50.6 Å². The van der Waals surface area contributed by atoms with Crippen molar-refractivity contribution in [3.05, 3.63) is 70.2 Å². The molecule has 0 N–H and O–H groups in total. The van der Waals surface area contributed by atoms with Crippen LogP contribution in [0.15, 0.2) is 48.5 Å². The summed E-state index contributed by atoms with van der Waals surface area (Å²) in [6, 6.07) is 17.1. The number of benzene rings is 2. The number of hydrogen-bond acceptors (Lipinski definition) is 1. The first-order valence-corrected chi connectivity index (χ1v) is 9.17. The lowest BCUT2D eigenvalue weighted by Gasteiger charge is -2.47. The zero-order valence-corrected chi connectivity index (χ0v) is 14.7. The molecule has 0 radical (unpaired) electrons. The predicted octanol–water partition coefficient (Wildman–Crippen LogP) is 5.12. The van der Waals surface area contributed by atoms with Gasteiger partial charge in [0.1, 0.15) is 0 Å². The van der Waals surface area contributed by atoms with Crippen molar-refractivity contribution >= 4 is 17.5 Å². The zero-order chi connectivity index (χ0) is 16.7. The third kappa shape index (κ3) is 2.63. The van der Waals surface area contributed by atoms with E-state index in [1.165, 1.54) is 16.7 Å². The van der Waals surface area contributed by atoms with Crippen LogP contribution in [0.4, 0.5) is 0 Å². The molecule has 1 heterocycles. The van der Waals surface area contributed by atoms with E-state index in [0.29, 0.717) is 24.3 Å². The summed E-state index contributed by atoms with van der Waals surface area (Å²) in [5.74, 6) is 0.736. The van der Waals surface area contributed by atoms with E-state index in [2.05, 4.69) is 48.2 Å². The van der Waals surface area contributed by atoms with Crippen molar-refractivity contribution in [1.29, 1.82) is 0 Å². The third-order valence-corrected chi connectivity index (χ3v) is 5.93. The van der Waals surface area contributed by atoms with Crippen LogP contribution in [0.25, 0.3) is 0 Å². The van der Waals surface area contributed by atoms with Crippen LogP contribution in [-0.2, 0) is 11.2 Å². The van der Waals surface area contributed by atoms with Gasteiger partial charge in [0.2, 0.25) is 5.91 Å². The van der Waals surface area contributed by atoms with Gasteiger partial charge in [-0.3, -0.25) is 4.79 Å².